The monoisotopic (exact) mass is 273 g/mol. The summed E-state index contributed by atoms with van der Waals surface area (Å²) in [4.78, 5) is 9.10. The Labute approximate surface area is 118 Å². The Kier molecular flexibility index (Phi) is 4.80. The van der Waals surface area contributed by atoms with Crippen LogP contribution < -0.4 is 5.32 Å². The number of nitrogens with zero attached hydrogens (tertiary/aromatic N) is 2. The number of aromatic nitrogens is 2. The molecule has 4 heteroatoms. The largest absolute Gasteiger partial charge is 0.370 e. The molecule has 2 aromatic heterocycles. The average molecular weight is 273 g/mol. The highest BCUT2D eigenvalue weighted by Gasteiger charge is 2.03. The molecule has 100 valence electrons. The van der Waals surface area contributed by atoms with E-state index in [2.05, 4.69) is 41.3 Å². The molecule has 0 unspecified atom stereocenters. The van der Waals surface area contributed by atoms with Gasteiger partial charge in [0.05, 0.1) is 0 Å². The van der Waals surface area contributed by atoms with Gasteiger partial charge in [0.25, 0.3) is 0 Å². The standard InChI is InChI=1S/C15H19N3S/c1-4-8-16-13-6-5-7-14(18-13)19-15-10-11(2)9-12(3)17-15/h5-7,9-10H,4,8H2,1-3H3,(H,16,18). The highest BCUT2D eigenvalue weighted by Crippen LogP contribution is 2.26. The summed E-state index contributed by atoms with van der Waals surface area (Å²) in [6.07, 6.45) is 1.09. The molecule has 0 aromatic carbocycles. The van der Waals surface area contributed by atoms with Crippen LogP contribution in [-0.4, -0.2) is 16.5 Å². The van der Waals surface area contributed by atoms with Crippen LogP contribution in [0.3, 0.4) is 0 Å². The second-order valence-corrected chi connectivity index (χ2v) is 5.55. The van der Waals surface area contributed by atoms with Crippen molar-refractivity contribution in [3.63, 3.8) is 0 Å². The van der Waals surface area contributed by atoms with Gasteiger partial charge in [0.15, 0.2) is 0 Å². The molecule has 0 fully saturated rings. The summed E-state index contributed by atoms with van der Waals surface area (Å²) in [6, 6.07) is 10.2. The predicted molar refractivity (Wildman–Crippen MR) is 80.9 cm³/mol. The SMILES string of the molecule is CCCNc1cccc(Sc2cc(C)cc(C)n2)n1. The third kappa shape index (κ3) is 4.24. The van der Waals surface area contributed by atoms with Gasteiger partial charge in [0.1, 0.15) is 15.9 Å². The Hall–Kier alpha value is -1.55. The summed E-state index contributed by atoms with van der Waals surface area (Å²) in [5.74, 6) is 0.927. The van der Waals surface area contributed by atoms with E-state index in [0.717, 1.165) is 34.5 Å². The van der Waals surface area contributed by atoms with E-state index >= 15 is 0 Å². The molecule has 0 radical (unpaired) electrons. The number of anilines is 1. The van der Waals surface area contributed by atoms with Crippen molar-refractivity contribution >= 4 is 17.6 Å². The molecule has 1 N–H and O–H groups in total. The quantitative estimate of drug-likeness (QED) is 0.891. The normalized spacial score (nSPS) is 10.5. The molecule has 2 aromatic rings. The van der Waals surface area contributed by atoms with E-state index in [1.807, 2.05) is 25.1 Å². The minimum Gasteiger partial charge on any atom is -0.370 e. The lowest BCUT2D eigenvalue weighted by molar-refractivity contribution is 0.958. The van der Waals surface area contributed by atoms with Crippen LogP contribution in [0.5, 0.6) is 0 Å². The maximum absolute atomic E-state index is 4.58. The second-order valence-electron chi connectivity index (χ2n) is 4.51. The maximum Gasteiger partial charge on any atom is 0.127 e. The fraction of sp³-hybridized carbons (Fsp3) is 0.333. The lowest BCUT2D eigenvalue weighted by Gasteiger charge is -2.06. The van der Waals surface area contributed by atoms with Crippen LogP contribution in [0.2, 0.25) is 0 Å². The van der Waals surface area contributed by atoms with Gasteiger partial charge < -0.3 is 5.32 Å². The number of hydrogen-bond acceptors (Lipinski definition) is 4. The molecule has 0 aliphatic heterocycles. The molecular formula is C15H19N3S. The Bertz CT molecular complexity index is 535. The fourth-order valence-electron chi connectivity index (χ4n) is 1.79. The molecule has 19 heavy (non-hydrogen) atoms. The third-order valence-corrected chi connectivity index (χ3v) is 3.42. The van der Waals surface area contributed by atoms with Gasteiger partial charge in [-0.15, -0.1) is 0 Å². The molecule has 0 saturated carbocycles. The number of hydrogen-bond donors (Lipinski definition) is 1. The topological polar surface area (TPSA) is 37.8 Å². The summed E-state index contributed by atoms with van der Waals surface area (Å²) >= 11 is 1.60. The van der Waals surface area contributed by atoms with Crippen LogP contribution in [0.4, 0.5) is 5.82 Å². The lowest BCUT2D eigenvalue weighted by Crippen LogP contribution is -2.01. The van der Waals surface area contributed by atoms with Gasteiger partial charge in [-0.3, -0.25) is 0 Å². The Morgan fingerprint density at radius 2 is 1.95 bits per heavy atom. The van der Waals surface area contributed by atoms with E-state index in [-0.39, 0.29) is 0 Å². The summed E-state index contributed by atoms with van der Waals surface area (Å²) in [5.41, 5.74) is 2.28. The highest BCUT2D eigenvalue weighted by molar-refractivity contribution is 7.99. The average Bonchev–Trinajstić information content (AvgIpc) is 2.35. The van der Waals surface area contributed by atoms with Crippen molar-refractivity contribution in [1.29, 1.82) is 0 Å². The van der Waals surface area contributed by atoms with Crippen LogP contribution in [0.25, 0.3) is 0 Å². The van der Waals surface area contributed by atoms with Crippen LogP contribution in [0.15, 0.2) is 40.4 Å². The zero-order valence-corrected chi connectivity index (χ0v) is 12.4. The Morgan fingerprint density at radius 3 is 2.68 bits per heavy atom. The lowest BCUT2D eigenvalue weighted by atomic mass is 10.3. The maximum atomic E-state index is 4.58. The van der Waals surface area contributed by atoms with E-state index in [1.165, 1.54) is 5.56 Å². The number of rotatable bonds is 5. The molecule has 2 rings (SSSR count). The fourth-order valence-corrected chi connectivity index (χ4v) is 2.73. The smallest absolute Gasteiger partial charge is 0.127 e. The minimum absolute atomic E-state index is 0.927. The van der Waals surface area contributed by atoms with Crippen molar-refractivity contribution in [2.75, 3.05) is 11.9 Å². The molecule has 0 saturated heterocycles. The van der Waals surface area contributed by atoms with Gasteiger partial charge in [-0.05, 0) is 50.1 Å². The first-order valence-electron chi connectivity index (χ1n) is 6.51. The van der Waals surface area contributed by atoms with Gasteiger partial charge in [0.2, 0.25) is 0 Å². The summed E-state index contributed by atoms with van der Waals surface area (Å²) in [7, 11) is 0. The van der Waals surface area contributed by atoms with Crippen molar-refractivity contribution in [2.24, 2.45) is 0 Å². The van der Waals surface area contributed by atoms with Crippen LogP contribution in [0, 0.1) is 13.8 Å². The molecule has 0 bridgehead atoms. The molecule has 2 heterocycles. The van der Waals surface area contributed by atoms with Crippen LogP contribution in [0.1, 0.15) is 24.6 Å². The first-order chi connectivity index (χ1) is 9.17. The Balaban J connectivity index is 2.13. The van der Waals surface area contributed by atoms with Gasteiger partial charge >= 0.3 is 0 Å². The molecule has 0 aliphatic carbocycles. The van der Waals surface area contributed by atoms with Crippen molar-refractivity contribution in [1.82, 2.24) is 9.97 Å². The number of nitrogens with one attached hydrogen (secondary N) is 1. The molecule has 0 spiro atoms. The van der Waals surface area contributed by atoms with E-state index in [9.17, 15) is 0 Å². The van der Waals surface area contributed by atoms with Crippen molar-refractivity contribution in [3.8, 4) is 0 Å². The molecule has 0 amide bonds. The van der Waals surface area contributed by atoms with E-state index < -0.39 is 0 Å². The summed E-state index contributed by atoms with van der Waals surface area (Å²) < 4.78 is 0. The highest BCUT2D eigenvalue weighted by atomic mass is 32.2. The zero-order valence-electron chi connectivity index (χ0n) is 11.6. The summed E-state index contributed by atoms with van der Waals surface area (Å²) in [5, 5.41) is 5.27. The van der Waals surface area contributed by atoms with E-state index in [1.54, 1.807) is 11.8 Å². The second kappa shape index (κ2) is 6.57. The Morgan fingerprint density at radius 1 is 1.11 bits per heavy atom. The minimum atomic E-state index is 0.927. The van der Waals surface area contributed by atoms with Gasteiger partial charge in [-0.2, -0.15) is 0 Å². The summed E-state index contributed by atoms with van der Waals surface area (Å²) in [6.45, 7) is 7.20. The molecule has 0 aliphatic rings. The first kappa shape index (κ1) is 13.9. The van der Waals surface area contributed by atoms with Crippen LogP contribution in [-0.2, 0) is 0 Å². The van der Waals surface area contributed by atoms with Gasteiger partial charge in [-0.25, -0.2) is 9.97 Å². The van der Waals surface area contributed by atoms with E-state index in [4.69, 9.17) is 0 Å². The molecular weight excluding hydrogens is 254 g/mol. The predicted octanol–water partition coefficient (Wildman–Crippen LogP) is 4.07. The zero-order chi connectivity index (χ0) is 13.7. The number of pyridine rings is 2. The van der Waals surface area contributed by atoms with E-state index in [0.29, 0.717) is 0 Å². The van der Waals surface area contributed by atoms with Crippen molar-refractivity contribution in [2.45, 2.75) is 37.2 Å². The molecule has 3 nitrogen and oxygen atoms in total. The van der Waals surface area contributed by atoms with Gasteiger partial charge in [0, 0.05) is 12.2 Å². The molecule has 0 atom stereocenters. The third-order valence-electron chi connectivity index (χ3n) is 2.56. The number of aryl methyl sites for hydroxylation is 2. The van der Waals surface area contributed by atoms with Crippen molar-refractivity contribution < 1.29 is 0 Å². The van der Waals surface area contributed by atoms with Gasteiger partial charge in [-0.1, -0.05) is 24.8 Å². The first-order valence-corrected chi connectivity index (χ1v) is 7.33. The van der Waals surface area contributed by atoms with Crippen molar-refractivity contribution in [3.05, 3.63) is 41.6 Å². The van der Waals surface area contributed by atoms with Crippen LogP contribution >= 0.6 is 11.8 Å².